The van der Waals surface area contributed by atoms with E-state index in [1.807, 2.05) is 0 Å². The SMILES string of the molecule is O=C(O)/C=C/C1=CC=CC=C(C(=O)O)C1. The number of aliphatic carboxylic acids is 2. The van der Waals surface area contributed by atoms with Crippen molar-refractivity contribution >= 4 is 11.9 Å². The smallest absolute Gasteiger partial charge is 0.331 e. The molecule has 4 nitrogen and oxygen atoms in total. The Morgan fingerprint density at radius 2 is 1.87 bits per heavy atom. The van der Waals surface area contributed by atoms with Crippen molar-refractivity contribution in [3.8, 4) is 0 Å². The van der Waals surface area contributed by atoms with E-state index < -0.39 is 11.9 Å². The van der Waals surface area contributed by atoms with Gasteiger partial charge in [-0.15, -0.1) is 0 Å². The molecule has 0 radical (unpaired) electrons. The van der Waals surface area contributed by atoms with Gasteiger partial charge in [0.15, 0.2) is 0 Å². The van der Waals surface area contributed by atoms with E-state index in [4.69, 9.17) is 10.2 Å². The molecule has 0 aromatic rings. The minimum absolute atomic E-state index is 0.228. The first-order valence-corrected chi connectivity index (χ1v) is 4.30. The lowest BCUT2D eigenvalue weighted by molar-refractivity contribution is -0.133. The summed E-state index contributed by atoms with van der Waals surface area (Å²) in [4.78, 5) is 21.0. The summed E-state index contributed by atoms with van der Waals surface area (Å²) in [6.07, 6.45) is 9.10. The van der Waals surface area contributed by atoms with E-state index >= 15 is 0 Å². The van der Waals surface area contributed by atoms with Crippen molar-refractivity contribution in [2.45, 2.75) is 6.42 Å². The van der Waals surface area contributed by atoms with Gasteiger partial charge in [-0.1, -0.05) is 30.4 Å². The molecule has 4 heteroatoms. The molecule has 0 amide bonds. The van der Waals surface area contributed by atoms with Crippen LogP contribution in [0.5, 0.6) is 0 Å². The van der Waals surface area contributed by atoms with Gasteiger partial charge in [0.05, 0.1) is 0 Å². The molecule has 0 aromatic heterocycles. The number of rotatable bonds is 3. The molecule has 0 saturated carbocycles. The van der Waals surface area contributed by atoms with Gasteiger partial charge < -0.3 is 10.2 Å². The van der Waals surface area contributed by atoms with E-state index in [0.29, 0.717) is 5.57 Å². The summed E-state index contributed by atoms with van der Waals surface area (Å²) in [6, 6.07) is 0. The Balaban J connectivity index is 2.82. The van der Waals surface area contributed by atoms with Crippen LogP contribution in [0.3, 0.4) is 0 Å². The molecule has 0 aromatic carbocycles. The Bertz CT molecular complexity index is 397. The second-order valence-corrected chi connectivity index (χ2v) is 2.97. The van der Waals surface area contributed by atoms with Crippen LogP contribution in [0.2, 0.25) is 0 Å². The molecule has 1 aliphatic rings. The van der Waals surface area contributed by atoms with E-state index in [2.05, 4.69) is 0 Å². The molecule has 1 rings (SSSR count). The van der Waals surface area contributed by atoms with Gasteiger partial charge >= 0.3 is 11.9 Å². The lowest BCUT2D eigenvalue weighted by Gasteiger charge is -2.00. The zero-order chi connectivity index (χ0) is 11.3. The maximum absolute atomic E-state index is 10.7. The first-order valence-electron chi connectivity index (χ1n) is 4.30. The molecular formula is C11H10O4. The van der Waals surface area contributed by atoms with Crippen LogP contribution in [0.15, 0.2) is 47.6 Å². The van der Waals surface area contributed by atoms with Crippen molar-refractivity contribution in [3.05, 3.63) is 47.6 Å². The fourth-order valence-electron chi connectivity index (χ4n) is 1.13. The average molecular weight is 206 g/mol. The van der Waals surface area contributed by atoms with Crippen molar-refractivity contribution in [1.82, 2.24) is 0 Å². The van der Waals surface area contributed by atoms with Gasteiger partial charge in [0.1, 0.15) is 0 Å². The van der Waals surface area contributed by atoms with E-state index in [0.717, 1.165) is 6.08 Å². The Morgan fingerprint density at radius 3 is 2.47 bits per heavy atom. The molecule has 0 aliphatic heterocycles. The van der Waals surface area contributed by atoms with Gasteiger partial charge in [-0.3, -0.25) is 0 Å². The molecular weight excluding hydrogens is 196 g/mol. The van der Waals surface area contributed by atoms with E-state index in [-0.39, 0.29) is 12.0 Å². The number of hydrogen-bond acceptors (Lipinski definition) is 2. The Morgan fingerprint density at radius 1 is 1.20 bits per heavy atom. The minimum atomic E-state index is -1.05. The van der Waals surface area contributed by atoms with Crippen LogP contribution < -0.4 is 0 Å². The number of carboxylic acid groups (broad SMARTS) is 2. The van der Waals surface area contributed by atoms with Crippen LogP contribution in [0, 0.1) is 0 Å². The predicted molar refractivity (Wildman–Crippen MR) is 54.3 cm³/mol. The second-order valence-electron chi connectivity index (χ2n) is 2.97. The van der Waals surface area contributed by atoms with Crippen LogP contribution in [0.25, 0.3) is 0 Å². The molecule has 15 heavy (non-hydrogen) atoms. The van der Waals surface area contributed by atoms with Gasteiger partial charge in [0, 0.05) is 18.1 Å². The molecule has 0 bridgehead atoms. The van der Waals surface area contributed by atoms with Gasteiger partial charge in [-0.25, -0.2) is 9.59 Å². The summed E-state index contributed by atoms with van der Waals surface area (Å²) < 4.78 is 0. The highest BCUT2D eigenvalue weighted by atomic mass is 16.4. The fraction of sp³-hybridized carbons (Fsp3) is 0.0909. The molecule has 0 atom stereocenters. The quantitative estimate of drug-likeness (QED) is 0.686. The molecule has 0 heterocycles. The minimum Gasteiger partial charge on any atom is -0.478 e. The third kappa shape index (κ3) is 3.64. The number of hydrogen-bond donors (Lipinski definition) is 2. The van der Waals surface area contributed by atoms with Crippen LogP contribution in [-0.2, 0) is 9.59 Å². The lowest BCUT2D eigenvalue weighted by atomic mass is 10.1. The Hall–Kier alpha value is -2.10. The molecule has 0 fully saturated rings. The normalized spacial score (nSPS) is 15.7. The first-order chi connectivity index (χ1) is 7.09. The highest BCUT2D eigenvalue weighted by Gasteiger charge is 2.09. The molecule has 0 saturated heterocycles. The molecule has 1 aliphatic carbocycles. The molecule has 0 spiro atoms. The largest absolute Gasteiger partial charge is 0.478 e. The Kier molecular flexibility index (Phi) is 3.62. The van der Waals surface area contributed by atoms with E-state index in [1.54, 1.807) is 18.2 Å². The maximum Gasteiger partial charge on any atom is 0.331 e. The summed E-state index contributed by atoms with van der Waals surface area (Å²) in [6.45, 7) is 0. The fourth-order valence-corrected chi connectivity index (χ4v) is 1.13. The van der Waals surface area contributed by atoms with Crippen LogP contribution >= 0.6 is 0 Å². The van der Waals surface area contributed by atoms with Crippen molar-refractivity contribution in [1.29, 1.82) is 0 Å². The number of carbonyl (C=O) groups is 2. The van der Waals surface area contributed by atoms with Gasteiger partial charge in [-0.2, -0.15) is 0 Å². The zero-order valence-corrected chi connectivity index (χ0v) is 7.88. The highest BCUT2D eigenvalue weighted by molar-refractivity contribution is 5.88. The summed E-state index contributed by atoms with van der Waals surface area (Å²) in [5.41, 5.74) is 0.893. The molecule has 2 N–H and O–H groups in total. The average Bonchev–Trinajstić information content (AvgIpc) is 2.39. The van der Waals surface area contributed by atoms with E-state index in [1.165, 1.54) is 12.2 Å². The van der Waals surface area contributed by atoms with Crippen molar-refractivity contribution in [2.75, 3.05) is 0 Å². The first kappa shape index (κ1) is 11.0. The molecule has 78 valence electrons. The highest BCUT2D eigenvalue weighted by Crippen LogP contribution is 2.15. The zero-order valence-electron chi connectivity index (χ0n) is 7.88. The monoisotopic (exact) mass is 206 g/mol. The summed E-state index contributed by atoms with van der Waals surface area (Å²) in [7, 11) is 0. The number of carboxylic acids is 2. The van der Waals surface area contributed by atoms with Gasteiger partial charge in [-0.05, 0) is 5.57 Å². The van der Waals surface area contributed by atoms with Crippen LogP contribution in [-0.4, -0.2) is 22.2 Å². The lowest BCUT2D eigenvalue weighted by Crippen LogP contribution is -2.00. The third-order valence-corrected chi connectivity index (χ3v) is 1.83. The topological polar surface area (TPSA) is 74.6 Å². The van der Waals surface area contributed by atoms with Crippen LogP contribution in [0.1, 0.15) is 6.42 Å². The third-order valence-electron chi connectivity index (χ3n) is 1.83. The van der Waals surface area contributed by atoms with Gasteiger partial charge in [0.2, 0.25) is 0 Å². The molecule has 0 unspecified atom stereocenters. The van der Waals surface area contributed by atoms with Crippen molar-refractivity contribution < 1.29 is 19.8 Å². The summed E-state index contributed by atoms with van der Waals surface area (Å²) >= 11 is 0. The Labute approximate surface area is 86.5 Å². The van der Waals surface area contributed by atoms with E-state index in [9.17, 15) is 9.59 Å². The van der Waals surface area contributed by atoms with Gasteiger partial charge in [0.25, 0.3) is 0 Å². The number of allylic oxidation sites excluding steroid dienone is 6. The predicted octanol–water partition coefficient (Wildman–Crippen LogP) is 1.52. The summed E-state index contributed by atoms with van der Waals surface area (Å²) in [5, 5.41) is 17.2. The maximum atomic E-state index is 10.7. The van der Waals surface area contributed by atoms with Crippen LogP contribution in [0.4, 0.5) is 0 Å². The van der Waals surface area contributed by atoms with Crippen molar-refractivity contribution in [3.63, 3.8) is 0 Å². The standard InChI is InChI=1S/C11H10O4/c12-10(13)6-5-8-3-1-2-4-9(7-8)11(14)15/h1-6H,7H2,(H,12,13)(H,14,15)/b6-5+. The second kappa shape index (κ2) is 4.95. The van der Waals surface area contributed by atoms with Crippen molar-refractivity contribution in [2.24, 2.45) is 0 Å². The summed E-state index contributed by atoms with van der Waals surface area (Å²) in [5.74, 6) is -2.04.